The van der Waals surface area contributed by atoms with E-state index in [4.69, 9.17) is 10.5 Å². The smallest absolute Gasteiger partial charge is 0.408 e. The molecule has 0 radical (unpaired) electrons. The fourth-order valence-corrected chi connectivity index (χ4v) is 3.58. The molecule has 0 fully saturated rings. The number of amides is 3. The highest BCUT2D eigenvalue weighted by Gasteiger charge is 2.26. The van der Waals surface area contributed by atoms with Gasteiger partial charge in [-0.25, -0.2) is 4.79 Å². The van der Waals surface area contributed by atoms with Crippen molar-refractivity contribution in [1.82, 2.24) is 10.6 Å². The number of hydrogen-bond acceptors (Lipinski definition) is 4. The molecule has 7 nitrogen and oxygen atoms in total. The molecule has 0 heterocycles. The van der Waals surface area contributed by atoms with Crippen LogP contribution in [0.15, 0.2) is 89.4 Å². The highest BCUT2D eigenvalue weighted by Crippen LogP contribution is 2.12. The van der Waals surface area contributed by atoms with E-state index in [9.17, 15) is 14.4 Å². The van der Waals surface area contributed by atoms with Gasteiger partial charge < -0.3 is 21.1 Å². The predicted molar refractivity (Wildman–Crippen MR) is 133 cm³/mol. The van der Waals surface area contributed by atoms with E-state index in [0.29, 0.717) is 0 Å². The van der Waals surface area contributed by atoms with Gasteiger partial charge in [0.2, 0.25) is 11.8 Å². The van der Waals surface area contributed by atoms with Crippen LogP contribution in [0.5, 0.6) is 0 Å². The van der Waals surface area contributed by atoms with Crippen LogP contribution in [0.1, 0.15) is 16.7 Å². The molecule has 3 aromatic carbocycles. The van der Waals surface area contributed by atoms with Crippen LogP contribution < -0.4 is 16.4 Å². The fourth-order valence-electron chi connectivity index (χ4n) is 3.32. The lowest BCUT2D eigenvalue weighted by Crippen LogP contribution is -2.54. The summed E-state index contributed by atoms with van der Waals surface area (Å²) in [5.74, 6) is -1.19. The van der Waals surface area contributed by atoms with Gasteiger partial charge in [0.1, 0.15) is 18.7 Å². The number of alkyl carbamates (subject to hydrolysis) is 1. The Bertz CT molecular complexity index is 1090. The summed E-state index contributed by atoms with van der Waals surface area (Å²) >= 11 is 3.37. The Hall–Kier alpha value is -3.65. The van der Waals surface area contributed by atoms with Gasteiger partial charge in [-0.3, -0.25) is 9.59 Å². The molecule has 0 unspecified atom stereocenters. The molecule has 176 valence electrons. The number of carbonyl (C=O) groups excluding carboxylic acids is 3. The van der Waals surface area contributed by atoms with Crippen molar-refractivity contribution >= 4 is 33.8 Å². The highest BCUT2D eigenvalue weighted by atomic mass is 79.9. The molecule has 0 aromatic heterocycles. The van der Waals surface area contributed by atoms with Gasteiger partial charge in [0.05, 0.1) is 0 Å². The van der Waals surface area contributed by atoms with Crippen LogP contribution >= 0.6 is 15.9 Å². The van der Waals surface area contributed by atoms with Gasteiger partial charge in [-0.1, -0.05) is 88.7 Å². The maximum Gasteiger partial charge on any atom is 0.408 e. The number of hydrogen-bond donors (Lipinski definition) is 3. The van der Waals surface area contributed by atoms with E-state index < -0.39 is 30.0 Å². The van der Waals surface area contributed by atoms with Gasteiger partial charge in [-0.2, -0.15) is 0 Å². The van der Waals surface area contributed by atoms with E-state index in [1.165, 1.54) is 0 Å². The van der Waals surface area contributed by atoms with Crippen molar-refractivity contribution in [3.8, 4) is 0 Å². The molecule has 34 heavy (non-hydrogen) atoms. The summed E-state index contributed by atoms with van der Waals surface area (Å²) in [6.45, 7) is 0.0693. The lowest BCUT2D eigenvalue weighted by atomic mass is 10.0. The van der Waals surface area contributed by atoms with Crippen LogP contribution in [0.3, 0.4) is 0 Å². The first-order valence-electron chi connectivity index (χ1n) is 10.8. The van der Waals surface area contributed by atoms with Crippen molar-refractivity contribution in [2.75, 3.05) is 0 Å². The number of ether oxygens (including phenoxy) is 1. The van der Waals surface area contributed by atoms with E-state index in [1.807, 2.05) is 84.9 Å². The standard InChI is InChI=1S/C26H26BrN3O4/c27-21-13-11-19(12-14-21)15-22(24(28)31)29-25(32)23(16-18-7-3-1-4-8-18)30-26(33)34-17-20-9-5-2-6-10-20/h1-14,22-23H,15-17H2,(H2,28,31)(H,29,32)(H,30,33)/t22-,23+/m0/s1. The molecule has 0 spiro atoms. The quantitative estimate of drug-likeness (QED) is 0.377. The summed E-state index contributed by atoms with van der Waals surface area (Å²) < 4.78 is 6.18. The maximum absolute atomic E-state index is 13.1. The Morgan fingerprint density at radius 2 is 1.26 bits per heavy atom. The van der Waals surface area contributed by atoms with Crippen molar-refractivity contribution in [3.63, 3.8) is 0 Å². The molecule has 2 atom stereocenters. The third kappa shape index (κ3) is 8.04. The first-order chi connectivity index (χ1) is 16.4. The number of primary amides is 1. The Balaban J connectivity index is 1.68. The van der Waals surface area contributed by atoms with Crippen LogP contribution in [-0.4, -0.2) is 30.0 Å². The normalized spacial score (nSPS) is 12.3. The van der Waals surface area contributed by atoms with Gasteiger partial charge in [0.25, 0.3) is 0 Å². The SMILES string of the molecule is NC(=O)[C@H](Cc1ccc(Br)cc1)NC(=O)[C@@H](Cc1ccccc1)NC(=O)OCc1ccccc1. The molecular weight excluding hydrogens is 498 g/mol. The molecule has 0 bridgehead atoms. The van der Waals surface area contributed by atoms with Crippen LogP contribution in [0.25, 0.3) is 0 Å². The Kier molecular flexibility index (Phi) is 9.22. The summed E-state index contributed by atoms with van der Waals surface area (Å²) in [7, 11) is 0. The van der Waals surface area contributed by atoms with Crippen LogP contribution in [0.2, 0.25) is 0 Å². The Morgan fingerprint density at radius 3 is 1.85 bits per heavy atom. The minimum Gasteiger partial charge on any atom is -0.445 e. The van der Waals surface area contributed by atoms with E-state index in [-0.39, 0.29) is 19.4 Å². The van der Waals surface area contributed by atoms with Crippen molar-refractivity contribution in [2.45, 2.75) is 31.5 Å². The molecule has 8 heteroatoms. The van der Waals surface area contributed by atoms with E-state index in [1.54, 1.807) is 0 Å². The third-order valence-electron chi connectivity index (χ3n) is 5.12. The van der Waals surface area contributed by atoms with Gasteiger partial charge in [0, 0.05) is 17.3 Å². The molecule has 0 aliphatic heterocycles. The minimum atomic E-state index is -0.961. The molecule has 3 amide bonds. The average Bonchev–Trinajstić information content (AvgIpc) is 2.84. The first kappa shape index (κ1) is 25.0. The summed E-state index contributed by atoms with van der Waals surface area (Å²) in [6.07, 6.45) is -0.287. The van der Waals surface area contributed by atoms with Gasteiger partial charge in [-0.05, 0) is 28.8 Å². The second kappa shape index (κ2) is 12.6. The minimum absolute atomic E-state index is 0.0693. The number of halogens is 1. The lowest BCUT2D eigenvalue weighted by molar-refractivity contribution is -0.128. The van der Waals surface area contributed by atoms with Gasteiger partial charge >= 0.3 is 6.09 Å². The number of nitrogens with one attached hydrogen (secondary N) is 2. The third-order valence-corrected chi connectivity index (χ3v) is 5.65. The number of nitrogens with two attached hydrogens (primary N) is 1. The summed E-state index contributed by atoms with van der Waals surface area (Å²) in [6, 6.07) is 24.0. The molecule has 3 aromatic rings. The average molecular weight is 524 g/mol. The number of benzene rings is 3. The second-order valence-corrected chi connectivity index (χ2v) is 8.66. The summed E-state index contributed by atoms with van der Waals surface area (Å²) in [5.41, 5.74) is 8.06. The molecule has 4 N–H and O–H groups in total. The zero-order valence-electron chi connectivity index (χ0n) is 18.4. The molecule has 3 rings (SSSR count). The van der Waals surface area contributed by atoms with Gasteiger partial charge in [-0.15, -0.1) is 0 Å². The Labute approximate surface area is 206 Å². The zero-order valence-corrected chi connectivity index (χ0v) is 20.0. The molecule has 0 aliphatic carbocycles. The van der Waals surface area contributed by atoms with Crippen LogP contribution in [0, 0.1) is 0 Å². The highest BCUT2D eigenvalue weighted by molar-refractivity contribution is 9.10. The fraction of sp³-hybridized carbons (Fsp3) is 0.192. The van der Waals surface area contributed by atoms with Crippen LogP contribution in [0.4, 0.5) is 4.79 Å². The summed E-state index contributed by atoms with van der Waals surface area (Å²) in [4.78, 5) is 37.6. The predicted octanol–water partition coefficient (Wildman–Crippen LogP) is 3.50. The van der Waals surface area contributed by atoms with Crippen molar-refractivity contribution < 1.29 is 19.1 Å². The zero-order chi connectivity index (χ0) is 24.3. The van der Waals surface area contributed by atoms with Crippen molar-refractivity contribution in [2.24, 2.45) is 5.73 Å². The monoisotopic (exact) mass is 523 g/mol. The molecular formula is C26H26BrN3O4. The molecule has 0 saturated heterocycles. The van der Waals surface area contributed by atoms with E-state index in [2.05, 4.69) is 26.6 Å². The number of carbonyl (C=O) groups is 3. The largest absolute Gasteiger partial charge is 0.445 e. The van der Waals surface area contributed by atoms with Crippen molar-refractivity contribution in [3.05, 3.63) is 106 Å². The first-order valence-corrected chi connectivity index (χ1v) is 11.6. The Morgan fingerprint density at radius 1 is 0.735 bits per heavy atom. The van der Waals surface area contributed by atoms with E-state index in [0.717, 1.165) is 21.2 Å². The topological polar surface area (TPSA) is 111 Å². The second-order valence-electron chi connectivity index (χ2n) is 7.74. The van der Waals surface area contributed by atoms with E-state index >= 15 is 0 Å². The van der Waals surface area contributed by atoms with Crippen molar-refractivity contribution in [1.29, 1.82) is 0 Å². The van der Waals surface area contributed by atoms with Crippen LogP contribution in [-0.2, 0) is 33.8 Å². The summed E-state index contributed by atoms with van der Waals surface area (Å²) in [5, 5.41) is 5.30. The number of rotatable bonds is 10. The van der Waals surface area contributed by atoms with Gasteiger partial charge in [0.15, 0.2) is 0 Å². The maximum atomic E-state index is 13.1. The lowest BCUT2D eigenvalue weighted by Gasteiger charge is -2.22. The molecule has 0 aliphatic rings. The molecule has 0 saturated carbocycles.